The van der Waals surface area contributed by atoms with Gasteiger partial charge in [-0.15, -0.1) is 0 Å². The van der Waals surface area contributed by atoms with Gasteiger partial charge in [0.25, 0.3) is 5.91 Å². The molecule has 0 aromatic heterocycles. The number of urea groups is 1. The molecule has 148 valence electrons. The van der Waals surface area contributed by atoms with Gasteiger partial charge >= 0.3 is 12.0 Å². The van der Waals surface area contributed by atoms with Crippen LogP contribution >= 0.6 is 0 Å². The number of aryl methyl sites for hydroxylation is 1. The van der Waals surface area contributed by atoms with E-state index in [1.165, 1.54) is 24.3 Å². The molecule has 29 heavy (non-hydrogen) atoms. The number of nitrogens with zero attached hydrogens (tertiary/aromatic N) is 1. The lowest BCUT2D eigenvalue weighted by Gasteiger charge is -2.32. The van der Waals surface area contributed by atoms with Crippen molar-refractivity contribution in [2.24, 2.45) is 5.92 Å². The Kier molecular flexibility index (Phi) is 5.45. The molecule has 0 spiro atoms. The number of benzene rings is 2. The highest BCUT2D eigenvalue weighted by Crippen LogP contribution is 2.28. The number of aromatic carboxylic acids is 1. The van der Waals surface area contributed by atoms with Crippen molar-refractivity contribution in [1.29, 1.82) is 0 Å². The minimum Gasteiger partial charge on any atom is -0.478 e. The summed E-state index contributed by atoms with van der Waals surface area (Å²) in [5.74, 6) is -3.71. The van der Waals surface area contributed by atoms with Crippen molar-refractivity contribution >= 4 is 35.2 Å². The summed E-state index contributed by atoms with van der Waals surface area (Å²) < 4.78 is 0. The topological polar surface area (TPSA) is 116 Å². The molecule has 2 aromatic carbocycles. The van der Waals surface area contributed by atoms with Gasteiger partial charge in [0.15, 0.2) is 5.92 Å². The van der Waals surface area contributed by atoms with E-state index in [4.69, 9.17) is 5.11 Å². The quantitative estimate of drug-likeness (QED) is 0.673. The van der Waals surface area contributed by atoms with Crippen molar-refractivity contribution in [3.63, 3.8) is 0 Å². The van der Waals surface area contributed by atoms with Gasteiger partial charge in [-0.1, -0.05) is 24.3 Å². The zero-order valence-corrected chi connectivity index (χ0v) is 15.8. The van der Waals surface area contributed by atoms with E-state index in [2.05, 4.69) is 10.6 Å². The second kappa shape index (κ2) is 7.97. The molecule has 4 amide bonds. The fourth-order valence-corrected chi connectivity index (χ4v) is 3.07. The summed E-state index contributed by atoms with van der Waals surface area (Å²) in [6, 6.07) is 12.0. The van der Waals surface area contributed by atoms with Crippen LogP contribution < -0.4 is 15.5 Å². The molecule has 1 atom stereocenters. The van der Waals surface area contributed by atoms with Crippen molar-refractivity contribution in [2.75, 3.05) is 10.2 Å². The maximum Gasteiger partial charge on any atom is 0.335 e. The molecule has 0 aliphatic carbocycles. The number of imide groups is 2. The smallest absolute Gasteiger partial charge is 0.335 e. The van der Waals surface area contributed by atoms with Crippen molar-refractivity contribution < 1.29 is 24.3 Å². The van der Waals surface area contributed by atoms with Crippen LogP contribution in [0.15, 0.2) is 60.3 Å². The molecule has 8 nitrogen and oxygen atoms in total. The maximum atomic E-state index is 13.1. The van der Waals surface area contributed by atoms with E-state index in [-0.39, 0.29) is 11.3 Å². The van der Waals surface area contributed by atoms with Crippen LogP contribution in [0.2, 0.25) is 0 Å². The molecule has 3 N–H and O–H groups in total. The molecule has 0 bridgehead atoms. The summed E-state index contributed by atoms with van der Waals surface area (Å²) in [7, 11) is 0. The Morgan fingerprint density at radius 3 is 2.34 bits per heavy atom. The van der Waals surface area contributed by atoms with Crippen molar-refractivity contribution in [3.05, 3.63) is 71.4 Å². The highest BCUT2D eigenvalue weighted by molar-refractivity contribution is 6.29. The predicted molar refractivity (Wildman–Crippen MR) is 106 cm³/mol. The first kappa shape index (κ1) is 19.8. The zero-order valence-electron chi connectivity index (χ0n) is 15.8. The summed E-state index contributed by atoms with van der Waals surface area (Å²) in [5.41, 5.74) is 2.00. The number of carboxylic acid groups (broad SMARTS) is 1. The van der Waals surface area contributed by atoms with Crippen LogP contribution in [0.3, 0.4) is 0 Å². The largest absolute Gasteiger partial charge is 0.478 e. The standard InChI is InChI=1S/C21H19N3O5/c1-3-15(22-14-10-8-13(9-11-14)20(27)28)17-18(25)23-21(29)24(19(17)26)16-7-5-4-6-12(16)2/h3-11,17,22H,1-2H3,(H,27,28)(H,23,25,29)/b15-3+/t17-/m0/s1. The average molecular weight is 393 g/mol. The second-order valence-corrected chi connectivity index (χ2v) is 6.44. The molecule has 1 aliphatic heterocycles. The molecule has 8 heteroatoms. The zero-order chi connectivity index (χ0) is 21.1. The number of carbonyl (C=O) groups is 4. The van der Waals surface area contributed by atoms with E-state index >= 15 is 0 Å². The minimum atomic E-state index is -1.25. The average Bonchev–Trinajstić information content (AvgIpc) is 2.68. The summed E-state index contributed by atoms with van der Waals surface area (Å²) in [6.07, 6.45) is 1.57. The Morgan fingerprint density at radius 2 is 1.76 bits per heavy atom. The third-order valence-electron chi connectivity index (χ3n) is 4.56. The lowest BCUT2D eigenvalue weighted by molar-refractivity contribution is -0.132. The van der Waals surface area contributed by atoms with Crippen molar-refractivity contribution in [3.8, 4) is 0 Å². The number of rotatable bonds is 5. The minimum absolute atomic E-state index is 0.111. The fourth-order valence-electron chi connectivity index (χ4n) is 3.07. The number of hydrogen-bond donors (Lipinski definition) is 3. The van der Waals surface area contributed by atoms with E-state index < -0.39 is 29.7 Å². The van der Waals surface area contributed by atoms with Gasteiger partial charge in [0.1, 0.15) is 0 Å². The van der Waals surface area contributed by atoms with Crippen molar-refractivity contribution in [1.82, 2.24) is 5.32 Å². The summed E-state index contributed by atoms with van der Waals surface area (Å²) in [5, 5.41) is 14.2. The van der Waals surface area contributed by atoms with Crippen LogP contribution in [-0.4, -0.2) is 28.9 Å². The molecule has 3 rings (SSSR count). The highest BCUT2D eigenvalue weighted by atomic mass is 16.4. The Balaban J connectivity index is 1.91. The number of carboxylic acids is 1. The summed E-state index contributed by atoms with van der Waals surface area (Å²) in [4.78, 5) is 49.9. The van der Waals surface area contributed by atoms with Crippen LogP contribution in [0.1, 0.15) is 22.8 Å². The molecule has 1 saturated heterocycles. The van der Waals surface area contributed by atoms with E-state index in [1.54, 1.807) is 44.2 Å². The van der Waals surface area contributed by atoms with Gasteiger partial charge in [-0.05, 0) is 49.7 Å². The van der Waals surface area contributed by atoms with Crippen LogP contribution in [0, 0.1) is 12.8 Å². The number of para-hydroxylation sites is 1. The summed E-state index contributed by atoms with van der Waals surface area (Å²) >= 11 is 0. The summed E-state index contributed by atoms with van der Waals surface area (Å²) in [6.45, 7) is 3.42. The van der Waals surface area contributed by atoms with E-state index in [1.807, 2.05) is 0 Å². The Hall–Kier alpha value is -3.94. The number of hydrogen-bond acceptors (Lipinski definition) is 5. The number of carbonyl (C=O) groups excluding carboxylic acids is 3. The van der Waals surface area contributed by atoms with Crippen LogP contribution in [0.5, 0.6) is 0 Å². The predicted octanol–water partition coefficient (Wildman–Crippen LogP) is 2.91. The van der Waals surface area contributed by atoms with Crippen LogP contribution in [0.4, 0.5) is 16.2 Å². The SMILES string of the molecule is C/C=C(/Nc1ccc(C(=O)O)cc1)[C@H]1C(=O)NC(=O)N(c2ccccc2C)C1=O. The molecule has 2 aromatic rings. The first-order valence-corrected chi connectivity index (χ1v) is 8.84. The van der Waals surface area contributed by atoms with Crippen molar-refractivity contribution in [2.45, 2.75) is 13.8 Å². The third-order valence-corrected chi connectivity index (χ3v) is 4.56. The van der Waals surface area contributed by atoms with Gasteiger partial charge in [0.2, 0.25) is 5.91 Å². The number of barbiturate groups is 1. The van der Waals surface area contributed by atoms with Gasteiger partial charge in [-0.3, -0.25) is 14.9 Å². The Labute approximate surface area is 166 Å². The Morgan fingerprint density at radius 1 is 1.10 bits per heavy atom. The molecular weight excluding hydrogens is 374 g/mol. The molecule has 0 unspecified atom stereocenters. The van der Waals surface area contributed by atoms with E-state index in [0.29, 0.717) is 16.9 Å². The van der Waals surface area contributed by atoms with Gasteiger partial charge in [-0.25, -0.2) is 14.5 Å². The molecular formula is C21H19N3O5. The highest BCUT2D eigenvalue weighted by Gasteiger charge is 2.43. The van der Waals surface area contributed by atoms with E-state index in [0.717, 1.165) is 4.90 Å². The first-order chi connectivity index (χ1) is 13.8. The van der Waals surface area contributed by atoms with E-state index in [9.17, 15) is 19.2 Å². The van der Waals surface area contributed by atoms with Gasteiger partial charge in [0.05, 0.1) is 11.3 Å². The normalized spacial score (nSPS) is 17.2. The first-order valence-electron chi connectivity index (χ1n) is 8.84. The Bertz CT molecular complexity index is 1030. The molecule has 1 heterocycles. The van der Waals surface area contributed by atoms with Crippen LogP contribution in [0.25, 0.3) is 0 Å². The van der Waals surface area contributed by atoms with Gasteiger partial charge in [0, 0.05) is 11.4 Å². The lowest BCUT2D eigenvalue weighted by Crippen LogP contribution is -2.59. The molecule has 0 saturated carbocycles. The van der Waals surface area contributed by atoms with Gasteiger partial charge in [-0.2, -0.15) is 0 Å². The lowest BCUT2D eigenvalue weighted by atomic mass is 9.98. The number of amides is 4. The molecule has 1 fully saturated rings. The van der Waals surface area contributed by atoms with Crippen LogP contribution in [-0.2, 0) is 9.59 Å². The second-order valence-electron chi connectivity index (χ2n) is 6.44. The number of nitrogens with one attached hydrogen (secondary N) is 2. The number of anilines is 2. The molecule has 1 aliphatic rings. The van der Waals surface area contributed by atoms with Gasteiger partial charge < -0.3 is 10.4 Å². The fraction of sp³-hybridized carbons (Fsp3) is 0.143. The number of allylic oxidation sites excluding steroid dienone is 1. The monoisotopic (exact) mass is 393 g/mol. The third kappa shape index (κ3) is 3.86. The maximum absolute atomic E-state index is 13.1. The molecule has 0 radical (unpaired) electrons.